The molecule has 9 heteroatoms. The van der Waals surface area contributed by atoms with E-state index >= 15 is 0 Å². The molecule has 0 saturated heterocycles. The lowest BCUT2D eigenvalue weighted by molar-refractivity contribution is -0.143. The van der Waals surface area contributed by atoms with Gasteiger partial charge in [-0.3, -0.25) is 19.0 Å². The molecule has 0 atom stereocenters. The summed E-state index contributed by atoms with van der Waals surface area (Å²) in [7, 11) is 0. The van der Waals surface area contributed by atoms with Gasteiger partial charge < -0.3 is 10.1 Å². The average Bonchev–Trinajstić information content (AvgIpc) is 3.14. The minimum absolute atomic E-state index is 0.144. The van der Waals surface area contributed by atoms with E-state index in [-0.39, 0.29) is 30.3 Å². The van der Waals surface area contributed by atoms with Crippen LogP contribution in [-0.4, -0.2) is 44.4 Å². The molecule has 9 nitrogen and oxygen atoms in total. The summed E-state index contributed by atoms with van der Waals surface area (Å²) in [5.74, 6) is -0.438. The van der Waals surface area contributed by atoms with Gasteiger partial charge in [0.15, 0.2) is 5.65 Å². The number of amides is 1. The fraction of sp³-hybridized carbons (Fsp3) is 0.409. The lowest BCUT2D eigenvalue weighted by atomic mass is 10.1. The van der Waals surface area contributed by atoms with Crippen molar-refractivity contribution in [1.82, 2.24) is 24.6 Å². The van der Waals surface area contributed by atoms with Crippen LogP contribution >= 0.6 is 0 Å². The minimum Gasteiger partial charge on any atom is -0.466 e. The second-order valence-electron chi connectivity index (χ2n) is 7.28. The maximum absolute atomic E-state index is 12.8. The molecular weight excluding hydrogens is 398 g/mol. The van der Waals surface area contributed by atoms with Crippen molar-refractivity contribution < 1.29 is 14.3 Å². The van der Waals surface area contributed by atoms with Crippen molar-refractivity contribution in [3.8, 4) is 0 Å². The first-order chi connectivity index (χ1) is 15.0. The molecule has 0 bridgehead atoms. The zero-order valence-corrected chi connectivity index (χ0v) is 17.8. The number of hydrogen-bond donors (Lipinski definition) is 1. The Bertz CT molecular complexity index is 1120. The Labute approximate surface area is 180 Å². The van der Waals surface area contributed by atoms with Crippen LogP contribution in [0.2, 0.25) is 0 Å². The molecule has 164 valence electrons. The Morgan fingerprint density at radius 2 is 2.06 bits per heavy atom. The van der Waals surface area contributed by atoms with Crippen LogP contribution in [0.3, 0.4) is 0 Å². The topological polar surface area (TPSA) is 108 Å². The van der Waals surface area contributed by atoms with Crippen LogP contribution in [0.4, 0.5) is 0 Å². The summed E-state index contributed by atoms with van der Waals surface area (Å²) in [6.45, 7) is 5.28. The molecule has 1 N–H and O–H groups in total. The highest BCUT2D eigenvalue weighted by atomic mass is 16.5. The highest BCUT2D eigenvalue weighted by Gasteiger charge is 2.11. The second-order valence-corrected chi connectivity index (χ2v) is 7.28. The number of nitrogens with one attached hydrogen (secondary N) is 1. The number of hydrogen-bond acceptors (Lipinski definition) is 6. The first-order valence-electron chi connectivity index (χ1n) is 10.4. The van der Waals surface area contributed by atoms with Crippen LogP contribution in [0.15, 0.2) is 41.6 Å². The van der Waals surface area contributed by atoms with E-state index in [1.165, 1.54) is 12.5 Å². The molecular formula is C22H27N5O4. The fourth-order valence-corrected chi connectivity index (χ4v) is 3.30. The number of fused-ring (bicyclic) bond motifs is 1. The van der Waals surface area contributed by atoms with Gasteiger partial charge in [-0.25, -0.2) is 9.67 Å². The van der Waals surface area contributed by atoms with Gasteiger partial charge in [-0.05, 0) is 25.8 Å². The van der Waals surface area contributed by atoms with E-state index < -0.39 is 0 Å². The number of nitrogens with zero attached hydrogens (tertiary/aromatic N) is 4. The maximum atomic E-state index is 12.8. The normalized spacial score (nSPS) is 10.9. The number of ether oxygens (including phenoxy) is 1. The van der Waals surface area contributed by atoms with E-state index in [9.17, 15) is 14.4 Å². The van der Waals surface area contributed by atoms with Crippen LogP contribution in [0.1, 0.15) is 37.3 Å². The van der Waals surface area contributed by atoms with E-state index in [4.69, 9.17) is 4.74 Å². The first-order valence-corrected chi connectivity index (χ1v) is 10.4. The Morgan fingerprint density at radius 1 is 1.23 bits per heavy atom. The second kappa shape index (κ2) is 10.5. The van der Waals surface area contributed by atoms with E-state index in [1.54, 1.807) is 16.2 Å². The summed E-state index contributed by atoms with van der Waals surface area (Å²) in [5, 5.41) is 7.48. The summed E-state index contributed by atoms with van der Waals surface area (Å²) >= 11 is 0. The van der Waals surface area contributed by atoms with Crippen molar-refractivity contribution in [3.05, 3.63) is 58.3 Å². The minimum atomic E-state index is -0.294. The quantitative estimate of drug-likeness (QED) is 0.496. The fourth-order valence-electron chi connectivity index (χ4n) is 3.30. The molecule has 0 fully saturated rings. The number of aryl methyl sites for hydroxylation is 1. The SMILES string of the molecule is CCOC(=O)CCCC(=O)NCCn1ncc2c(=O)n(Cc3cccc(C)c3)cnc21. The maximum Gasteiger partial charge on any atom is 0.305 e. The first kappa shape index (κ1) is 22.2. The summed E-state index contributed by atoms with van der Waals surface area (Å²) in [4.78, 5) is 40.4. The molecule has 0 aliphatic carbocycles. The molecule has 0 saturated carbocycles. The van der Waals surface area contributed by atoms with Gasteiger partial charge in [0, 0.05) is 19.4 Å². The van der Waals surface area contributed by atoms with Gasteiger partial charge in [-0.2, -0.15) is 5.10 Å². The lowest BCUT2D eigenvalue weighted by Crippen LogP contribution is -2.27. The van der Waals surface area contributed by atoms with Crippen LogP contribution < -0.4 is 10.9 Å². The van der Waals surface area contributed by atoms with Crippen molar-refractivity contribution in [3.63, 3.8) is 0 Å². The summed E-state index contributed by atoms with van der Waals surface area (Å²) in [6, 6.07) is 7.99. The molecule has 1 aromatic carbocycles. The van der Waals surface area contributed by atoms with Gasteiger partial charge in [0.25, 0.3) is 5.56 Å². The van der Waals surface area contributed by atoms with Crippen LogP contribution in [0.25, 0.3) is 11.0 Å². The molecule has 0 unspecified atom stereocenters. The van der Waals surface area contributed by atoms with Gasteiger partial charge >= 0.3 is 5.97 Å². The lowest BCUT2D eigenvalue weighted by Gasteiger charge is -2.08. The third-order valence-electron chi connectivity index (χ3n) is 4.79. The Balaban J connectivity index is 1.55. The van der Waals surface area contributed by atoms with E-state index in [2.05, 4.69) is 15.4 Å². The van der Waals surface area contributed by atoms with Gasteiger partial charge in [0.2, 0.25) is 5.91 Å². The number of carbonyl (C=O) groups is 2. The smallest absolute Gasteiger partial charge is 0.305 e. The van der Waals surface area contributed by atoms with Crippen LogP contribution in [-0.2, 0) is 27.4 Å². The third kappa shape index (κ3) is 6.00. The highest BCUT2D eigenvalue weighted by molar-refractivity contribution is 5.77. The average molecular weight is 425 g/mol. The van der Waals surface area contributed by atoms with E-state index in [0.29, 0.717) is 43.7 Å². The van der Waals surface area contributed by atoms with Crippen molar-refractivity contribution >= 4 is 22.9 Å². The zero-order chi connectivity index (χ0) is 22.2. The molecule has 3 aromatic rings. The highest BCUT2D eigenvalue weighted by Crippen LogP contribution is 2.08. The molecule has 2 heterocycles. The predicted molar refractivity (Wildman–Crippen MR) is 116 cm³/mol. The van der Waals surface area contributed by atoms with E-state index in [1.807, 2.05) is 31.2 Å². The predicted octanol–water partition coefficient (Wildman–Crippen LogP) is 1.80. The van der Waals surface area contributed by atoms with Gasteiger partial charge in [0.1, 0.15) is 11.7 Å². The van der Waals surface area contributed by atoms with Crippen LogP contribution in [0, 0.1) is 6.92 Å². The number of aromatic nitrogens is 4. The number of rotatable bonds is 10. The van der Waals surface area contributed by atoms with E-state index in [0.717, 1.165) is 11.1 Å². The molecule has 31 heavy (non-hydrogen) atoms. The van der Waals surface area contributed by atoms with Crippen molar-refractivity contribution in [2.24, 2.45) is 0 Å². The Kier molecular flexibility index (Phi) is 7.53. The third-order valence-corrected chi connectivity index (χ3v) is 4.79. The molecule has 0 aliphatic heterocycles. The van der Waals surface area contributed by atoms with Crippen molar-refractivity contribution in [1.29, 1.82) is 0 Å². The summed E-state index contributed by atoms with van der Waals surface area (Å²) in [6.07, 6.45) is 3.96. The number of benzene rings is 1. The van der Waals surface area contributed by atoms with Gasteiger partial charge in [-0.15, -0.1) is 0 Å². The molecule has 0 spiro atoms. The monoisotopic (exact) mass is 425 g/mol. The molecule has 2 aromatic heterocycles. The number of carbonyl (C=O) groups excluding carboxylic acids is 2. The largest absolute Gasteiger partial charge is 0.466 e. The molecule has 0 radical (unpaired) electrons. The molecule has 1 amide bonds. The summed E-state index contributed by atoms with van der Waals surface area (Å²) < 4.78 is 8.00. The van der Waals surface area contributed by atoms with Crippen molar-refractivity contribution in [2.75, 3.05) is 13.2 Å². The van der Waals surface area contributed by atoms with Gasteiger partial charge in [-0.1, -0.05) is 29.8 Å². The Hall–Kier alpha value is -3.49. The molecule has 3 rings (SSSR count). The van der Waals surface area contributed by atoms with Gasteiger partial charge in [0.05, 0.1) is 25.9 Å². The zero-order valence-electron chi connectivity index (χ0n) is 17.8. The van der Waals surface area contributed by atoms with Crippen LogP contribution in [0.5, 0.6) is 0 Å². The number of esters is 1. The Morgan fingerprint density at radius 3 is 2.84 bits per heavy atom. The van der Waals surface area contributed by atoms with Crippen molar-refractivity contribution in [2.45, 2.75) is 46.2 Å². The summed E-state index contributed by atoms with van der Waals surface area (Å²) in [5.41, 5.74) is 2.50. The standard InChI is InChI=1S/C22H27N5O4/c1-3-31-20(29)9-5-8-19(28)23-10-11-27-21-18(13-25-27)22(30)26(15-24-21)14-17-7-4-6-16(2)12-17/h4,6-7,12-13,15H,3,5,8-11,14H2,1-2H3,(H,23,28). The molecule has 0 aliphatic rings.